The van der Waals surface area contributed by atoms with Gasteiger partial charge in [-0.1, -0.05) is 32.9 Å². The number of rotatable bonds is 5. The van der Waals surface area contributed by atoms with Crippen molar-refractivity contribution < 1.29 is 13.2 Å². The average Bonchev–Trinajstić information content (AvgIpc) is 2.98. The second-order valence-corrected chi connectivity index (χ2v) is 9.87. The van der Waals surface area contributed by atoms with E-state index in [1.54, 1.807) is 6.07 Å². The average molecular weight is 367 g/mol. The third-order valence-corrected chi connectivity index (χ3v) is 7.78. The Morgan fingerprint density at radius 2 is 1.92 bits per heavy atom. The highest BCUT2D eigenvalue weighted by molar-refractivity contribution is 7.89. The number of benzene rings is 1. The van der Waals surface area contributed by atoms with E-state index in [1.807, 2.05) is 18.2 Å². The Morgan fingerprint density at radius 1 is 1.20 bits per heavy atom. The van der Waals surface area contributed by atoms with Crippen molar-refractivity contribution in [2.75, 3.05) is 39.4 Å². The molecule has 1 aromatic rings. The van der Waals surface area contributed by atoms with Crippen molar-refractivity contribution in [3.05, 3.63) is 29.8 Å². The van der Waals surface area contributed by atoms with Crippen LogP contribution in [0.25, 0.3) is 0 Å². The highest BCUT2D eigenvalue weighted by Gasteiger charge is 2.36. The fourth-order valence-corrected chi connectivity index (χ4v) is 5.17. The molecule has 0 aliphatic carbocycles. The lowest BCUT2D eigenvalue weighted by atomic mass is 9.78. The lowest BCUT2D eigenvalue weighted by molar-refractivity contribution is 0.0730. The van der Waals surface area contributed by atoms with Gasteiger partial charge in [0.05, 0.1) is 18.1 Å². The molecule has 2 saturated heterocycles. The molecule has 5 nitrogen and oxygen atoms in total. The van der Waals surface area contributed by atoms with Crippen LogP contribution in [0.15, 0.2) is 29.2 Å². The second kappa shape index (κ2) is 7.35. The van der Waals surface area contributed by atoms with Gasteiger partial charge in [0, 0.05) is 26.2 Å². The summed E-state index contributed by atoms with van der Waals surface area (Å²) in [6.07, 6.45) is 1.20. The van der Waals surface area contributed by atoms with Gasteiger partial charge in [0.15, 0.2) is 0 Å². The third-order valence-electron chi connectivity index (χ3n) is 5.89. The van der Waals surface area contributed by atoms with Crippen molar-refractivity contribution in [1.29, 1.82) is 0 Å². The van der Waals surface area contributed by atoms with Gasteiger partial charge in [0.2, 0.25) is 10.0 Å². The van der Waals surface area contributed by atoms with E-state index in [0.717, 1.165) is 25.2 Å². The van der Waals surface area contributed by atoms with Gasteiger partial charge < -0.3 is 4.74 Å². The maximum absolute atomic E-state index is 12.8. The van der Waals surface area contributed by atoms with E-state index in [9.17, 15) is 8.42 Å². The Kier molecular flexibility index (Phi) is 5.54. The van der Waals surface area contributed by atoms with Crippen molar-refractivity contribution in [1.82, 2.24) is 9.21 Å². The highest BCUT2D eigenvalue weighted by Crippen LogP contribution is 2.37. The van der Waals surface area contributed by atoms with Gasteiger partial charge >= 0.3 is 0 Å². The van der Waals surface area contributed by atoms with Crippen LogP contribution in [0.1, 0.15) is 32.8 Å². The fraction of sp³-hybridized carbons (Fsp3) is 0.684. The van der Waals surface area contributed by atoms with Crippen LogP contribution in [0.3, 0.4) is 0 Å². The second-order valence-electron chi connectivity index (χ2n) is 7.93. The molecule has 2 fully saturated rings. The van der Waals surface area contributed by atoms with Crippen molar-refractivity contribution >= 4 is 10.0 Å². The Bertz CT molecular complexity index is 698. The summed E-state index contributed by atoms with van der Waals surface area (Å²) >= 11 is 0. The van der Waals surface area contributed by atoms with E-state index in [-0.39, 0.29) is 0 Å². The molecule has 6 heteroatoms. The molecule has 3 rings (SSSR count). The molecule has 0 aromatic heterocycles. The van der Waals surface area contributed by atoms with Crippen LogP contribution in [0, 0.1) is 11.3 Å². The molecule has 1 unspecified atom stereocenters. The van der Waals surface area contributed by atoms with Gasteiger partial charge in [0.25, 0.3) is 0 Å². The van der Waals surface area contributed by atoms with Crippen molar-refractivity contribution in [3.63, 3.8) is 0 Å². The van der Waals surface area contributed by atoms with Crippen LogP contribution >= 0.6 is 0 Å². The monoisotopic (exact) mass is 366 g/mol. The van der Waals surface area contributed by atoms with Gasteiger partial charge in [-0.2, -0.15) is 4.31 Å². The van der Waals surface area contributed by atoms with E-state index in [0.29, 0.717) is 42.5 Å². The SMILES string of the molecule is CC(C)C1(C)CCN(Cc2cccc(S(=O)(=O)N3CCOCC3)c2)C1. The zero-order chi connectivity index (χ0) is 18.1. The van der Waals surface area contributed by atoms with Crippen LogP contribution in [0.5, 0.6) is 0 Å². The summed E-state index contributed by atoms with van der Waals surface area (Å²) in [4.78, 5) is 2.85. The predicted molar refractivity (Wildman–Crippen MR) is 98.9 cm³/mol. The zero-order valence-corrected chi connectivity index (χ0v) is 16.4. The van der Waals surface area contributed by atoms with E-state index < -0.39 is 10.0 Å². The lowest BCUT2D eigenvalue weighted by Crippen LogP contribution is -2.40. The molecule has 0 radical (unpaired) electrons. The molecule has 140 valence electrons. The highest BCUT2D eigenvalue weighted by atomic mass is 32.2. The number of hydrogen-bond donors (Lipinski definition) is 0. The first-order valence-electron chi connectivity index (χ1n) is 9.20. The minimum absolute atomic E-state index is 0.359. The standard InChI is InChI=1S/C19H30N2O3S/c1-16(2)19(3)7-8-20(15-19)14-17-5-4-6-18(13-17)25(22,23)21-9-11-24-12-10-21/h4-6,13,16H,7-12,14-15H2,1-3H3. The predicted octanol–water partition coefficient (Wildman–Crippen LogP) is 2.58. The van der Waals surface area contributed by atoms with Crippen LogP contribution in [0.4, 0.5) is 0 Å². The summed E-state index contributed by atoms with van der Waals surface area (Å²) in [5.41, 5.74) is 1.43. The Morgan fingerprint density at radius 3 is 2.56 bits per heavy atom. The summed E-state index contributed by atoms with van der Waals surface area (Å²) < 4.78 is 32.4. The van der Waals surface area contributed by atoms with Crippen LogP contribution in [-0.2, 0) is 21.3 Å². The molecule has 25 heavy (non-hydrogen) atoms. The maximum Gasteiger partial charge on any atom is 0.243 e. The number of nitrogens with zero attached hydrogens (tertiary/aromatic N) is 2. The normalized spacial score (nSPS) is 26.4. The zero-order valence-electron chi connectivity index (χ0n) is 15.6. The largest absolute Gasteiger partial charge is 0.379 e. The lowest BCUT2D eigenvalue weighted by Gasteiger charge is -2.29. The molecular formula is C19H30N2O3S. The molecule has 1 atom stereocenters. The van der Waals surface area contributed by atoms with Crippen LogP contribution in [0.2, 0.25) is 0 Å². The molecule has 2 heterocycles. The smallest absolute Gasteiger partial charge is 0.243 e. The molecule has 0 amide bonds. The molecule has 0 bridgehead atoms. The molecule has 1 aromatic carbocycles. The number of ether oxygens (including phenoxy) is 1. The minimum atomic E-state index is -3.42. The topological polar surface area (TPSA) is 49.9 Å². The van der Waals surface area contributed by atoms with E-state index in [2.05, 4.69) is 25.7 Å². The Labute approximate surface area is 152 Å². The van der Waals surface area contributed by atoms with Gasteiger partial charge in [0.1, 0.15) is 0 Å². The quantitative estimate of drug-likeness (QED) is 0.804. The van der Waals surface area contributed by atoms with Gasteiger partial charge in [-0.3, -0.25) is 4.90 Å². The molecule has 2 aliphatic rings. The van der Waals surface area contributed by atoms with Crippen LogP contribution in [-0.4, -0.2) is 57.0 Å². The number of sulfonamides is 1. The van der Waals surface area contributed by atoms with Crippen molar-refractivity contribution in [2.24, 2.45) is 11.3 Å². The summed E-state index contributed by atoms with van der Waals surface area (Å²) in [7, 11) is -3.42. The maximum atomic E-state index is 12.8. The van der Waals surface area contributed by atoms with E-state index in [4.69, 9.17) is 4.74 Å². The van der Waals surface area contributed by atoms with Crippen molar-refractivity contribution in [3.8, 4) is 0 Å². The number of likely N-dealkylation sites (tertiary alicyclic amines) is 1. The first-order chi connectivity index (χ1) is 11.8. The first kappa shape index (κ1) is 18.8. The number of morpholine rings is 1. The first-order valence-corrected chi connectivity index (χ1v) is 10.6. The molecule has 0 N–H and O–H groups in total. The molecule has 0 spiro atoms. The third kappa shape index (κ3) is 4.08. The van der Waals surface area contributed by atoms with E-state index >= 15 is 0 Å². The fourth-order valence-electron chi connectivity index (χ4n) is 3.69. The summed E-state index contributed by atoms with van der Waals surface area (Å²) in [6.45, 7) is 11.7. The minimum Gasteiger partial charge on any atom is -0.379 e. The van der Waals surface area contributed by atoms with Crippen molar-refractivity contribution in [2.45, 2.75) is 38.6 Å². The molecular weight excluding hydrogens is 336 g/mol. The molecule has 2 aliphatic heterocycles. The number of hydrogen-bond acceptors (Lipinski definition) is 4. The van der Waals surface area contributed by atoms with Crippen LogP contribution < -0.4 is 0 Å². The Balaban J connectivity index is 1.72. The summed E-state index contributed by atoms with van der Waals surface area (Å²) in [5, 5.41) is 0. The van der Waals surface area contributed by atoms with Gasteiger partial charge in [-0.05, 0) is 42.0 Å². The van der Waals surface area contributed by atoms with E-state index in [1.165, 1.54) is 10.7 Å². The van der Waals surface area contributed by atoms with Gasteiger partial charge in [-0.15, -0.1) is 0 Å². The molecule has 0 saturated carbocycles. The van der Waals surface area contributed by atoms with Gasteiger partial charge in [-0.25, -0.2) is 8.42 Å². The summed E-state index contributed by atoms with van der Waals surface area (Å²) in [6, 6.07) is 7.44. The Hall–Kier alpha value is -0.950. The summed E-state index contributed by atoms with van der Waals surface area (Å²) in [5.74, 6) is 0.658.